The van der Waals surface area contributed by atoms with Crippen LogP contribution < -0.4 is 22.5 Å². The lowest BCUT2D eigenvalue weighted by Crippen LogP contribution is -3.00. The summed E-state index contributed by atoms with van der Waals surface area (Å²) in [5.41, 5.74) is 1.84. The third kappa shape index (κ3) is 4.69. The van der Waals surface area contributed by atoms with Crippen molar-refractivity contribution in [3.63, 3.8) is 0 Å². The monoisotopic (exact) mass is 529 g/mol. The molecule has 0 aliphatic heterocycles. The first-order valence-electron chi connectivity index (χ1n) is 8.62. The number of carbonyl (C=O) groups is 1. The molecular weight excluding hydrogens is 516 g/mol. The Morgan fingerprint density at radius 3 is 2.31 bits per heavy atom. The van der Waals surface area contributed by atoms with Gasteiger partial charge in [0.25, 0.3) is 5.56 Å². The van der Waals surface area contributed by atoms with E-state index in [2.05, 4.69) is 20.9 Å². The van der Waals surface area contributed by atoms with Crippen LogP contribution >= 0.6 is 27.7 Å². The van der Waals surface area contributed by atoms with Crippen LogP contribution in [0.3, 0.4) is 0 Å². The van der Waals surface area contributed by atoms with E-state index in [1.54, 1.807) is 22.8 Å². The van der Waals surface area contributed by atoms with Gasteiger partial charge in [0, 0.05) is 10.0 Å². The quantitative estimate of drug-likeness (QED) is 0.225. The first-order chi connectivity index (χ1) is 13.6. The SMILES string of the molecule is O=C(CSc1nc2ccccc2c(=O)n1-c1ccccc1)c1ccc(Br)cc1.[Br-]. The Hall–Kier alpha value is -2.22. The van der Waals surface area contributed by atoms with Crippen LogP contribution in [0, 0.1) is 0 Å². The van der Waals surface area contributed by atoms with E-state index < -0.39 is 0 Å². The Balaban J connectivity index is 0.00000240. The molecule has 29 heavy (non-hydrogen) atoms. The Morgan fingerprint density at radius 2 is 1.59 bits per heavy atom. The zero-order valence-corrected chi connectivity index (χ0v) is 19.1. The van der Waals surface area contributed by atoms with E-state index in [0.29, 0.717) is 21.6 Å². The molecule has 146 valence electrons. The van der Waals surface area contributed by atoms with Crippen LogP contribution in [-0.2, 0) is 0 Å². The summed E-state index contributed by atoms with van der Waals surface area (Å²) in [7, 11) is 0. The first kappa shape index (κ1) is 21.5. The van der Waals surface area contributed by atoms with Gasteiger partial charge in [-0.15, -0.1) is 0 Å². The molecule has 0 unspecified atom stereocenters. The molecule has 1 aromatic heterocycles. The fraction of sp³-hybridized carbons (Fsp3) is 0.0455. The summed E-state index contributed by atoms with van der Waals surface area (Å²) in [5.74, 6) is 0.179. The third-order valence-corrected chi connectivity index (χ3v) is 5.73. The average Bonchev–Trinajstić information content (AvgIpc) is 2.73. The van der Waals surface area contributed by atoms with Crippen LogP contribution in [0.15, 0.2) is 93.3 Å². The number of thioether (sulfide) groups is 1. The van der Waals surface area contributed by atoms with Gasteiger partial charge in [0.15, 0.2) is 10.9 Å². The number of hydrogen-bond acceptors (Lipinski definition) is 4. The second-order valence-electron chi connectivity index (χ2n) is 6.11. The Kier molecular flexibility index (Phi) is 7.05. The number of fused-ring (bicyclic) bond motifs is 1. The van der Waals surface area contributed by atoms with Gasteiger partial charge in [-0.05, 0) is 36.4 Å². The largest absolute Gasteiger partial charge is 1.00 e. The number of aromatic nitrogens is 2. The van der Waals surface area contributed by atoms with E-state index in [1.165, 1.54) is 11.8 Å². The second-order valence-corrected chi connectivity index (χ2v) is 7.96. The minimum absolute atomic E-state index is 0. The fourth-order valence-corrected chi connectivity index (χ4v) is 4.03. The smallest absolute Gasteiger partial charge is 0.266 e. The molecule has 4 nitrogen and oxygen atoms in total. The van der Waals surface area contributed by atoms with Crippen molar-refractivity contribution in [1.29, 1.82) is 0 Å². The summed E-state index contributed by atoms with van der Waals surface area (Å²) in [6, 6.07) is 23.9. The van der Waals surface area contributed by atoms with Crippen LogP contribution in [0.1, 0.15) is 10.4 Å². The van der Waals surface area contributed by atoms with Crippen molar-refractivity contribution >= 4 is 44.4 Å². The summed E-state index contributed by atoms with van der Waals surface area (Å²) in [6.07, 6.45) is 0. The van der Waals surface area contributed by atoms with E-state index >= 15 is 0 Å². The zero-order chi connectivity index (χ0) is 19.5. The zero-order valence-electron chi connectivity index (χ0n) is 15.1. The lowest BCUT2D eigenvalue weighted by Gasteiger charge is -2.13. The molecule has 0 spiro atoms. The molecule has 0 radical (unpaired) electrons. The lowest BCUT2D eigenvalue weighted by atomic mass is 10.2. The molecule has 0 aliphatic carbocycles. The molecule has 0 aliphatic rings. The first-order valence-corrected chi connectivity index (χ1v) is 10.4. The van der Waals surface area contributed by atoms with Crippen molar-refractivity contribution in [2.45, 2.75) is 5.16 Å². The summed E-state index contributed by atoms with van der Waals surface area (Å²) < 4.78 is 2.49. The summed E-state index contributed by atoms with van der Waals surface area (Å²) in [6.45, 7) is 0. The van der Waals surface area contributed by atoms with Gasteiger partial charge >= 0.3 is 0 Å². The number of hydrogen-bond donors (Lipinski definition) is 0. The molecule has 4 rings (SSSR count). The third-order valence-electron chi connectivity index (χ3n) is 4.26. The van der Waals surface area contributed by atoms with Crippen molar-refractivity contribution < 1.29 is 21.8 Å². The molecular formula is C22H15Br2N2O2S-. The van der Waals surface area contributed by atoms with Gasteiger partial charge in [0.2, 0.25) is 0 Å². The number of ketones is 1. The topological polar surface area (TPSA) is 52.0 Å². The number of halogens is 2. The van der Waals surface area contributed by atoms with Gasteiger partial charge in [0.05, 0.1) is 22.3 Å². The van der Waals surface area contributed by atoms with E-state index in [1.807, 2.05) is 60.7 Å². The van der Waals surface area contributed by atoms with Crippen molar-refractivity contribution in [3.05, 3.63) is 99.3 Å². The highest BCUT2D eigenvalue weighted by Gasteiger charge is 2.15. The summed E-state index contributed by atoms with van der Waals surface area (Å²) in [4.78, 5) is 30.4. The van der Waals surface area contributed by atoms with Gasteiger partial charge in [-0.25, -0.2) is 4.98 Å². The predicted molar refractivity (Wildman–Crippen MR) is 117 cm³/mol. The van der Waals surface area contributed by atoms with E-state index in [0.717, 1.165) is 10.2 Å². The fourth-order valence-electron chi connectivity index (χ4n) is 2.86. The van der Waals surface area contributed by atoms with Crippen LogP contribution in [0.5, 0.6) is 0 Å². The summed E-state index contributed by atoms with van der Waals surface area (Å²) >= 11 is 4.64. The Labute approximate surface area is 190 Å². The molecule has 4 aromatic rings. The maximum absolute atomic E-state index is 13.1. The number of Topliss-reactive ketones (excluding diaryl/α,β-unsaturated/α-hetero) is 1. The molecule has 0 fully saturated rings. The van der Waals surface area contributed by atoms with Crippen molar-refractivity contribution in [2.24, 2.45) is 0 Å². The Bertz CT molecular complexity index is 1210. The van der Waals surface area contributed by atoms with Gasteiger partial charge in [0.1, 0.15) is 0 Å². The van der Waals surface area contributed by atoms with Gasteiger partial charge in [-0.3, -0.25) is 14.2 Å². The number of nitrogens with zero attached hydrogens (tertiary/aromatic N) is 2. The average molecular weight is 531 g/mol. The molecule has 1 heterocycles. The van der Waals surface area contributed by atoms with Crippen molar-refractivity contribution in [3.8, 4) is 5.69 Å². The van der Waals surface area contributed by atoms with Crippen LogP contribution in [0.25, 0.3) is 16.6 Å². The summed E-state index contributed by atoms with van der Waals surface area (Å²) in [5, 5.41) is 1.05. The molecule has 0 atom stereocenters. The lowest BCUT2D eigenvalue weighted by molar-refractivity contribution is -0.0000132. The van der Waals surface area contributed by atoms with Gasteiger partial charge < -0.3 is 17.0 Å². The highest BCUT2D eigenvalue weighted by molar-refractivity contribution is 9.10. The van der Waals surface area contributed by atoms with Crippen LogP contribution in [0.2, 0.25) is 0 Å². The molecule has 0 saturated heterocycles. The number of carbonyl (C=O) groups excluding carboxylic acids is 1. The van der Waals surface area contributed by atoms with E-state index in [-0.39, 0.29) is 34.1 Å². The minimum Gasteiger partial charge on any atom is -1.00 e. The van der Waals surface area contributed by atoms with Crippen LogP contribution in [-0.4, -0.2) is 21.1 Å². The van der Waals surface area contributed by atoms with E-state index in [4.69, 9.17) is 0 Å². The van der Waals surface area contributed by atoms with Crippen LogP contribution in [0.4, 0.5) is 0 Å². The number of rotatable bonds is 5. The molecule has 0 saturated carbocycles. The van der Waals surface area contributed by atoms with Crippen molar-refractivity contribution in [1.82, 2.24) is 9.55 Å². The molecule has 0 N–H and O–H groups in total. The number of benzene rings is 3. The highest BCUT2D eigenvalue weighted by atomic mass is 79.9. The normalized spacial score (nSPS) is 10.5. The maximum atomic E-state index is 13.1. The molecule has 3 aromatic carbocycles. The molecule has 7 heteroatoms. The highest BCUT2D eigenvalue weighted by Crippen LogP contribution is 2.22. The van der Waals surface area contributed by atoms with Crippen molar-refractivity contribution in [2.75, 3.05) is 5.75 Å². The molecule has 0 amide bonds. The Morgan fingerprint density at radius 1 is 0.931 bits per heavy atom. The van der Waals surface area contributed by atoms with E-state index in [9.17, 15) is 9.59 Å². The second kappa shape index (κ2) is 9.52. The van der Waals surface area contributed by atoms with Gasteiger partial charge in [-0.1, -0.05) is 70.2 Å². The minimum atomic E-state index is -0.143. The predicted octanol–water partition coefficient (Wildman–Crippen LogP) is 2.13. The van der Waals surface area contributed by atoms with Gasteiger partial charge in [-0.2, -0.15) is 0 Å². The standard InChI is InChI=1S/C22H15BrN2O2S.BrH/c23-16-12-10-15(11-13-16)20(26)14-28-22-24-19-9-5-4-8-18(19)21(27)25(22)17-6-2-1-3-7-17;/h1-13H,14H2;1H/p-1. The maximum Gasteiger partial charge on any atom is 0.266 e. The molecule has 0 bridgehead atoms. The number of para-hydroxylation sites is 2.